The van der Waals surface area contributed by atoms with Crippen molar-refractivity contribution in [1.82, 2.24) is 5.01 Å². The van der Waals surface area contributed by atoms with Crippen molar-refractivity contribution in [2.24, 2.45) is 11.8 Å². The number of halogens is 1. The standard InChI is InChI=1S/C22H28N2OS.ClH/c1-2-26-20-14-18-10-12-25-22(18)19(15-20)13-17-9-6-11-24(23)21(17)16-7-4-3-5-8-16;/h3-5,7-8,14-15,17,21H,2,6,9-13,23H2,1H3;1H/t17-,21+;/m0./s1. The zero-order valence-corrected chi connectivity index (χ0v) is 17.5. The van der Waals surface area contributed by atoms with E-state index in [1.807, 2.05) is 11.8 Å². The molecule has 0 amide bonds. The number of rotatable bonds is 5. The minimum Gasteiger partial charge on any atom is -0.493 e. The third-order valence-electron chi connectivity index (χ3n) is 5.56. The Balaban J connectivity index is 0.00000210. The maximum absolute atomic E-state index is 6.44. The molecule has 27 heavy (non-hydrogen) atoms. The molecular formula is C22H29ClN2OS. The zero-order valence-electron chi connectivity index (χ0n) is 15.9. The molecule has 2 atom stereocenters. The van der Waals surface area contributed by atoms with Crippen LogP contribution in [0, 0.1) is 5.92 Å². The molecular weight excluding hydrogens is 376 g/mol. The monoisotopic (exact) mass is 404 g/mol. The van der Waals surface area contributed by atoms with Crippen LogP contribution >= 0.6 is 24.2 Å². The van der Waals surface area contributed by atoms with Gasteiger partial charge in [0.25, 0.3) is 0 Å². The van der Waals surface area contributed by atoms with Crippen LogP contribution in [-0.4, -0.2) is 23.9 Å². The summed E-state index contributed by atoms with van der Waals surface area (Å²) in [6.45, 7) is 4.00. The first-order valence-electron chi connectivity index (χ1n) is 9.74. The van der Waals surface area contributed by atoms with Crippen LogP contribution in [-0.2, 0) is 12.8 Å². The molecule has 2 aromatic rings. The highest BCUT2D eigenvalue weighted by atomic mass is 35.5. The largest absolute Gasteiger partial charge is 0.493 e. The Morgan fingerprint density at radius 3 is 2.81 bits per heavy atom. The van der Waals surface area contributed by atoms with Crippen LogP contribution in [0.25, 0.3) is 0 Å². The molecule has 146 valence electrons. The molecule has 1 fully saturated rings. The van der Waals surface area contributed by atoms with E-state index in [9.17, 15) is 0 Å². The number of thioether (sulfide) groups is 1. The van der Waals surface area contributed by atoms with Gasteiger partial charge in [-0.1, -0.05) is 37.3 Å². The first kappa shape index (κ1) is 20.5. The van der Waals surface area contributed by atoms with Gasteiger partial charge in [0, 0.05) is 17.9 Å². The van der Waals surface area contributed by atoms with Crippen LogP contribution in [0.1, 0.15) is 42.5 Å². The molecule has 1 saturated heterocycles. The van der Waals surface area contributed by atoms with Crippen LogP contribution in [0.5, 0.6) is 5.75 Å². The van der Waals surface area contributed by atoms with Gasteiger partial charge in [0.1, 0.15) is 5.75 Å². The predicted octanol–water partition coefficient (Wildman–Crippen LogP) is 5.02. The summed E-state index contributed by atoms with van der Waals surface area (Å²) in [5.41, 5.74) is 4.09. The van der Waals surface area contributed by atoms with E-state index in [2.05, 4.69) is 54.4 Å². The van der Waals surface area contributed by atoms with Crippen molar-refractivity contribution in [2.75, 3.05) is 18.9 Å². The molecule has 2 N–H and O–H groups in total. The summed E-state index contributed by atoms with van der Waals surface area (Å²) >= 11 is 1.92. The van der Waals surface area contributed by atoms with E-state index in [1.54, 1.807) is 0 Å². The molecule has 0 aromatic heterocycles. The molecule has 2 aliphatic heterocycles. The Kier molecular flexibility index (Phi) is 7.10. The van der Waals surface area contributed by atoms with Crippen molar-refractivity contribution in [3.63, 3.8) is 0 Å². The van der Waals surface area contributed by atoms with E-state index in [0.29, 0.717) is 5.92 Å². The van der Waals surface area contributed by atoms with E-state index in [1.165, 1.54) is 28.0 Å². The second kappa shape index (κ2) is 9.33. The number of hydrogen-bond acceptors (Lipinski definition) is 4. The van der Waals surface area contributed by atoms with E-state index in [4.69, 9.17) is 10.6 Å². The highest BCUT2D eigenvalue weighted by Gasteiger charge is 2.32. The minimum atomic E-state index is 0. The Morgan fingerprint density at radius 1 is 1.22 bits per heavy atom. The number of benzene rings is 2. The number of hydrazine groups is 1. The Labute approximate surface area is 173 Å². The van der Waals surface area contributed by atoms with Crippen LogP contribution in [0.4, 0.5) is 0 Å². The zero-order chi connectivity index (χ0) is 17.9. The molecule has 0 unspecified atom stereocenters. The average molecular weight is 405 g/mol. The number of piperidine rings is 1. The SMILES string of the molecule is CCSc1cc2c(c(C[C@@H]3CCCN(N)[C@@H]3c3ccccc3)c1)OCC2.Cl. The maximum Gasteiger partial charge on any atom is 0.125 e. The molecule has 4 rings (SSSR count). The van der Waals surface area contributed by atoms with Gasteiger partial charge in [-0.2, -0.15) is 0 Å². The van der Waals surface area contributed by atoms with Gasteiger partial charge in [0.2, 0.25) is 0 Å². The molecule has 0 radical (unpaired) electrons. The Morgan fingerprint density at radius 2 is 2.04 bits per heavy atom. The van der Waals surface area contributed by atoms with Gasteiger partial charge in [0.05, 0.1) is 12.6 Å². The topological polar surface area (TPSA) is 38.5 Å². The highest BCUT2D eigenvalue weighted by molar-refractivity contribution is 7.99. The van der Waals surface area contributed by atoms with Gasteiger partial charge in [-0.25, -0.2) is 5.01 Å². The Hall–Kier alpha value is -1.20. The number of nitrogens with zero attached hydrogens (tertiary/aromatic N) is 1. The highest BCUT2D eigenvalue weighted by Crippen LogP contribution is 2.41. The van der Waals surface area contributed by atoms with Gasteiger partial charge in [-0.05, 0) is 59.8 Å². The van der Waals surface area contributed by atoms with Crippen molar-refractivity contribution in [3.05, 3.63) is 59.2 Å². The van der Waals surface area contributed by atoms with E-state index >= 15 is 0 Å². The molecule has 0 spiro atoms. The summed E-state index contributed by atoms with van der Waals surface area (Å²) in [6.07, 6.45) is 4.45. The van der Waals surface area contributed by atoms with Crippen LogP contribution in [0.15, 0.2) is 47.4 Å². The molecule has 0 saturated carbocycles. The fraction of sp³-hybridized carbons (Fsp3) is 0.455. The van der Waals surface area contributed by atoms with Crippen molar-refractivity contribution in [1.29, 1.82) is 0 Å². The molecule has 0 aliphatic carbocycles. The molecule has 2 heterocycles. The van der Waals surface area contributed by atoms with Gasteiger partial charge < -0.3 is 4.74 Å². The normalized spacial score (nSPS) is 22.0. The molecule has 3 nitrogen and oxygen atoms in total. The lowest BCUT2D eigenvalue weighted by atomic mass is 9.81. The van der Waals surface area contributed by atoms with Gasteiger partial charge in [-0.15, -0.1) is 24.2 Å². The number of nitrogens with two attached hydrogens (primary N) is 1. The van der Waals surface area contributed by atoms with E-state index in [0.717, 1.165) is 43.9 Å². The smallest absolute Gasteiger partial charge is 0.125 e. The van der Waals surface area contributed by atoms with Gasteiger partial charge >= 0.3 is 0 Å². The third kappa shape index (κ3) is 4.45. The minimum absolute atomic E-state index is 0. The third-order valence-corrected chi connectivity index (χ3v) is 6.42. The first-order valence-corrected chi connectivity index (χ1v) is 10.7. The van der Waals surface area contributed by atoms with E-state index < -0.39 is 0 Å². The fourth-order valence-corrected chi connectivity index (χ4v) is 5.26. The maximum atomic E-state index is 6.44. The lowest BCUT2D eigenvalue weighted by Crippen LogP contribution is -2.44. The fourth-order valence-electron chi connectivity index (χ4n) is 4.47. The van der Waals surface area contributed by atoms with Crippen molar-refractivity contribution >= 4 is 24.2 Å². The predicted molar refractivity (Wildman–Crippen MR) is 116 cm³/mol. The van der Waals surface area contributed by atoms with Gasteiger partial charge in [0.15, 0.2) is 0 Å². The second-order valence-electron chi connectivity index (χ2n) is 7.30. The number of fused-ring (bicyclic) bond motifs is 1. The lowest BCUT2D eigenvalue weighted by molar-refractivity contribution is 0.0922. The van der Waals surface area contributed by atoms with Crippen molar-refractivity contribution in [3.8, 4) is 5.75 Å². The summed E-state index contributed by atoms with van der Waals surface area (Å²) in [5.74, 6) is 9.21. The number of hydrogen-bond donors (Lipinski definition) is 1. The van der Waals surface area contributed by atoms with Gasteiger partial charge in [-0.3, -0.25) is 5.84 Å². The average Bonchev–Trinajstić information content (AvgIpc) is 3.12. The quantitative estimate of drug-likeness (QED) is 0.560. The van der Waals surface area contributed by atoms with Crippen LogP contribution in [0.2, 0.25) is 0 Å². The molecule has 5 heteroatoms. The van der Waals surface area contributed by atoms with Crippen LogP contribution in [0.3, 0.4) is 0 Å². The Bertz CT molecular complexity index is 755. The van der Waals surface area contributed by atoms with Crippen molar-refractivity contribution in [2.45, 2.75) is 43.5 Å². The summed E-state index contributed by atoms with van der Waals surface area (Å²) in [4.78, 5) is 1.38. The second-order valence-corrected chi connectivity index (χ2v) is 8.64. The summed E-state index contributed by atoms with van der Waals surface area (Å²) < 4.78 is 6.02. The first-order chi connectivity index (χ1) is 12.8. The summed E-state index contributed by atoms with van der Waals surface area (Å²) in [5, 5.41) is 2.05. The number of ether oxygens (including phenoxy) is 1. The van der Waals surface area contributed by atoms with E-state index in [-0.39, 0.29) is 18.4 Å². The molecule has 0 bridgehead atoms. The van der Waals surface area contributed by atoms with Crippen molar-refractivity contribution < 1.29 is 4.74 Å². The lowest BCUT2D eigenvalue weighted by Gasteiger charge is -2.39. The van der Waals surface area contributed by atoms with Crippen LogP contribution < -0.4 is 10.6 Å². The molecule has 2 aromatic carbocycles. The summed E-state index contributed by atoms with van der Waals surface area (Å²) in [7, 11) is 0. The molecule has 2 aliphatic rings. The summed E-state index contributed by atoms with van der Waals surface area (Å²) in [6, 6.07) is 15.7.